The Kier molecular flexibility index (Phi) is 8.86. The van der Waals surface area contributed by atoms with E-state index in [2.05, 4.69) is 17.6 Å². The van der Waals surface area contributed by atoms with Crippen molar-refractivity contribution < 1.29 is 19.4 Å². The average Bonchev–Trinajstić information content (AvgIpc) is 2.78. The lowest BCUT2D eigenvalue weighted by Crippen LogP contribution is -2.58. The zero-order valence-corrected chi connectivity index (χ0v) is 19.5. The van der Waals surface area contributed by atoms with Crippen molar-refractivity contribution in [3.05, 3.63) is 54.6 Å². The quantitative estimate of drug-likeness (QED) is 0.472. The van der Waals surface area contributed by atoms with Gasteiger partial charge in [0.15, 0.2) is 0 Å². The van der Waals surface area contributed by atoms with Crippen LogP contribution in [0.25, 0.3) is 0 Å². The van der Waals surface area contributed by atoms with Crippen LogP contribution < -0.4 is 15.4 Å². The zero-order chi connectivity index (χ0) is 23.7. The molecule has 2 aromatic carbocycles. The number of likely N-dealkylation sites (tertiary alicyclic amines) is 1. The third-order valence-electron chi connectivity index (χ3n) is 5.98. The fourth-order valence-corrected chi connectivity index (χ4v) is 4.17. The van der Waals surface area contributed by atoms with E-state index in [1.54, 1.807) is 24.3 Å². The molecular formula is C26H35N3O4. The van der Waals surface area contributed by atoms with Gasteiger partial charge >= 0.3 is 0 Å². The van der Waals surface area contributed by atoms with Crippen molar-refractivity contribution in [1.29, 1.82) is 0 Å². The van der Waals surface area contributed by atoms with Gasteiger partial charge < -0.3 is 20.5 Å². The molecule has 1 aliphatic rings. The maximum atomic E-state index is 12.7. The maximum Gasteiger partial charge on any atom is 0.238 e. The van der Waals surface area contributed by atoms with Gasteiger partial charge in [0.1, 0.15) is 17.5 Å². The van der Waals surface area contributed by atoms with Crippen LogP contribution in [0.4, 0.5) is 11.4 Å². The summed E-state index contributed by atoms with van der Waals surface area (Å²) in [5.74, 6) is 0.456. The van der Waals surface area contributed by atoms with Gasteiger partial charge in [-0.3, -0.25) is 14.5 Å². The molecule has 1 aliphatic heterocycles. The van der Waals surface area contributed by atoms with Crippen LogP contribution in [0.15, 0.2) is 54.6 Å². The van der Waals surface area contributed by atoms with Crippen molar-refractivity contribution in [1.82, 2.24) is 4.90 Å². The Hall–Kier alpha value is -2.90. The molecule has 1 heterocycles. The van der Waals surface area contributed by atoms with Gasteiger partial charge in [-0.25, -0.2) is 0 Å². The minimum absolute atomic E-state index is 0.128. The van der Waals surface area contributed by atoms with E-state index in [0.717, 1.165) is 25.0 Å². The van der Waals surface area contributed by atoms with Crippen LogP contribution in [0.3, 0.4) is 0 Å². The predicted octanol–water partition coefficient (Wildman–Crippen LogP) is 4.05. The summed E-state index contributed by atoms with van der Waals surface area (Å²) < 4.78 is 6.22. The number of para-hydroxylation sites is 1. The van der Waals surface area contributed by atoms with E-state index in [-0.39, 0.29) is 18.4 Å². The lowest BCUT2D eigenvalue weighted by atomic mass is 9.83. The number of nitrogens with one attached hydrogen (secondary N) is 2. The molecule has 2 aromatic rings. The first-order valence-electron chi connectivity index (χ1n) is 11.7. The Morgan fingerprint density at radius 1 is 1.06 bits per heavy atom. The van der Waals surface area contributed by atoms with Crippen molar-refractivity contribution in [3.8, 4) is 5.75 Å². The molecule has 2 atom stereocenters. The van der Waals surface area contributed by atoms with Crippen LogP contribution in [0.2, 0.25) is 0 Å². The Balaban J connectivity index is 1.60. The number of hydrogen-bond acceptors (Lipinski definition) is 5. The number of aliphatic hydroxyl groups is 1. The van der Waals surface area contributed by atoms with Crippen LogP contribution in [-0.2, 0) is 9.59 Å². The molecule has 3 N–H and O–H groups in total. The molecule has 7 heteroatoms. The van der Waals surface area contributed by atoms with Crippen LogP contribution in [0.5, 0.6) is 5.75 Å². The monoisotopic (exact) mass is 453 g/mol. The summed E-state index contributed by atoms with van der Waals surface area (Å²) in [7, 11) is 0. The molecule has 1 fully saturated rings. The van der Waals surface area contributed by atoms with Gasteiger partial charge in [0, 0.05) is 31.4 Å². The molecule has 7 nitrogen and oxygen atoms in total. The summed E-state index contributed by atoms with van der Waals surface area (Å²) in [5.41, 5.74) is 0.441. The van der Waals surface area contributed by atoms with Gasteiger partial charge in [-0.2, -0.15) is 0 Å². The number of piperidine rings is 1. The SMILES string of the molecule is CCCCC[C@]1(O)CCN(CC(=O)Nc2ccc(NC(C)=O)cc2)C[C@@H]1Oc1ccccc1. The maximum absolute atomic E-state index is 12.7. The molecule has 0 spiro atoms. The number of carbonyl (C=O) groups is 2. The van der Waals surface area contributed by atoms with Gasteiger partial charge in [-0.1, -0.05) is 44.4 Å². The van der Waals surface area contributed by atoms with E-state index >= 15 is 0 Å². The number of anilines is 2. The van der Waals surface area contributed by atoms with Gasteiger partial charge in [-0.05, 0) is 49.2 Å². The lowest BCUT2D eigenvalue weighted by molar-refractivity contribution is -0.127. The largest absolute Gasteiger partial charge is 0.486 e. The summed E-state index contributed by atoms with van der Waals surface area (Å²) in [5, 5.41) is 17.0. The molecule has 0 aliphatic carbocycles. The van der Waals surface area contributed by atoms with E-state index < -0.39 is 11.7 Å². The smallest absolute Gasteiger partial charge is 0.238 e. The number of amides is 2. The summed E-state index contributed by atoms with van der Waals surface area (Å²) in [6, 6.07) is 16.6. The van der Waals surface area contributed by atoms with Crippen molar-refractivity contribution in [3.63, 3.8) is 0 Å². The number of ether oxygens (including phenoxy) is 1. The number of unbranched alkanes of at least 4 members (excludes halogenated alkanes) is 2. The van der Waals surface area contributed by atoms with E-state index in [1.807, 2.05) is 35.2 Å². The highest BCUT2D eigenvalue weighted by atomic mass is 16.5. The van der Waals surface area contributed by atoms with E-state index in [4.69, 9.17) is 4.74 Å². The second-order valence-electron chi connectivity index (χ2n) is 8.77. The molecule has 33 heavy (non-hydrogen) atoms. The van der Waals surface area contributed by atoms with Gasteiger partial charge in [0.2, 0.25) is 11.8 Å². The Bertz CT molecular complexity index is 904. The van der Waals surface area contributed by atoms with Gasteiger partial charge in [-0.15, -0.1) is 0 Å². The normalized spacial score (nSPS) is 20.8. The van der Waals surface area contributed by atoms with Gasteiger partial charge in [0.25, 0.3) is 0 Å². The Morgan fingerprint density at radius 3 is 2.36 bits per heavy atom. The molecule has 178 valence electrons. The summed E-state index contributed by atoms with van der Waals surface area (Å²) >= 11 is 0. The zero-order valence-electron chi connectivity index (χ0n) is 19.5. The number of nitrogens with zero attached hydrogens (tertiary/aromatic N) is 1. The molecule has 0 unspecified atom stereocenters. The van der Waals surface area contributed by atoms with Crippen LogP contribution in [-0.4, -0.2) is 53.2 Å². The molecule has 0 aromatic heterocycles. The number of hydrogen-bond donors (Lipinski definition) is 3. The summed E-state index contributed by atoms with van der Waals surface area (Å²) in [6.45, 7) is 4.93. The first kappa shape index (κ1) is 24.7. The molecule has 0 saturated carbocycles. The third kappa shape index (κ3) is 7.58. The number of carbonyl (C=O) groups excluding carboxylic acids is 2. The highest BCUT2D eigenvalue weighted by Gasteiger charge is 2.43. The third-order valence-corrected chi connectivity index (χ3v) is 5.98. The fourth-order valence-electron chi connectivity index (χ4n) is 4.17. The first-order valence-corrected chi connectivity index (χ1v) is 11.7. The van der Waals surface area contributed by atoms with Crippen molar-refractivity contribution in [2.24, 2.45) is 0 Å². The van der Waals surface area contributed by atoms with Crippen molar-refractivity contribution in [2.75, 3.05) is 30.3 Å². The van der Waals surface area contributed by atoms with E-state index in [9.17, 15) is 14.7 Å². The number of benzene rings is 2. The van der Waals surface area contributed by atoms with Crippen molar-refractivity contribution in [2.45, 2.75) is 57.7 Å². The molecule has 0 bridgehead atoms. The topological polar surface area (TPSA) is 90.9 Å². The minimum Gasteiger partial charge on any atom is -0.486 e. The minimum atomic E-state index is -0.905. The summed E-state index contributed by atoms with van der Waals surface area (Å²) in [4.78, 5) is 25.8. The second-order valence-corrected chi connectivity index (χ2v) is 8.77. The fraction of sp³-hybridized carbons (Fsp3) is 0.462. The van der Waals surface area contributed by atoms with E-state index in [0.29, 0.717) is 37.3 Å². The molecule has 0 radical (unpaired) electrons. The average molecular weight is 454 g/mol. The van der Waals surface area contributed by atoms with Crippen molar-refractivity contribution >= 4 is 23.2 Å². The van der Waals surface area contributed by atoms with Crippen LogP contribution >= 0.6 is 0 Å². The molecule has 1 saturated heterocycles. The lowest BCUT2D eigenvalue weighted by Gasteiger charge is -2.44. The standard InChI is InChI=1S/C26H35N3O4/c1-3-4-8-15-26(32)16-17-29(18-24(26)33-23-9-6-5-7-10-23)19-25(31)28-22-13-11-21(12-14-22)27-20(2)30/h5-7,9-14,24,32H,3-4,8,15-19H2,1-2H3,(H,27,30)(H,28,31)/t24-,26-/m0/s1. The number of rotatable bonds is 10. The highest BCUT2D eigenvalue weighted by Crippen LogP contribution is 2.31. The highest BCUT2D eigenvalue weighted by molar-refractivity contribution is 5.93. The van der Waals surface area contributed by atoms with Gasteiger partial charge in [0.05, 0.1) is 6.54 Å². The van der Waals surface area contributed by atoms with E-state index in [1.165, 1.54) is 6.92 Å². The summed E-state index contributed by atoms with van der Waals surface area (Å²) in [6.07, 6.45) is 3.98. The van der Waals surface area contributed by atoms with Crippen LogP contribution in [0.1, 0.15) is 46.0 Å². The predicted molar refractivity (Wildman–Crippen MR) is 130 cm³/mol. The molecular weight excluding hydrogens is 418 g/mol. The Morgan fingerprint density at radius 2 is 1.73 bits per heavy atom. The second kappa shape index (κ2) is 11.8. The molecule has 3 rings (SSSR count). The van der Waals surface area contributed by atoms with Crippen LogP contribution in [0, 0.1) is 0 Å². The first-order chi connectivity index (χ1) is 15.9. The molecule has 2 amide bonds. The Labute approximate surface area is 196 Å².